The van der Waals surface area contributed by atoms with Gasteiger partial charge in [0.25, 0.3) is 5.91 Å². The minimum atomic E-state index is -3.55. The number of hydrogen-bond acceptors (Lipinski definition) is 3. The standard InChI is InChI=1S/C17H18ClFN2O3S/c1-12-6-7-15(11-16(12)18)21(25(2,23)24)9-8-20-17(22)13-4-3-5-14(19)10-13/h3-7,10-11H,8-9H2,1-2H3,(H,20,22). The first-order chi connectivity index (χ1) is 11.7. The summed E-state index contributed by atoms with van der Waals surface area (Å²) in [5.41, 5.74) is 1.42. The van der Waals surface area contributed by atoms with Gasteiger partial charge in [0.15, 0.2) is 0 Å². The highest BCUT2D eigenvalue weighted by Gasteiger charge is 2.18. The number of aryl methyl sites for hydroxylation is 1. The molecule has 25 heavy (non-hydrogen) atoms. The van der Waals surface area contributed by atoms with Gasteiger partial charge in [0.1, 0.15) is 5.82 Å². The van der Waals surface area contributed by atoms with Gasteiger partial charge in [-0.2, -0.15) is 0 Å². The summed E-state index contributed by atoms with van der Waals surface area (Å²) in [6.45, 7) is 1.91. The molecule has 0 bridgehead atoms. The molecule has 0 radical (unpaired) electrons. The first kappa shape index (κ1) is 19.2. The van der Waals surface area contributed by atoms with E-state index in [0.717, 1.165) is 22.2 Å². The largest absolute Gasteiger partial charge is 0.350 e. The van der Waals surface area contributed by atoms with Gasteiger partial charge in [-0.1, -0.05) is 23.7 Å². The fourth-order valence-corrected chi connectivity index (χ4v) is 3.32. The smallest absolute Gasteiger partial charge is 0.251 e. The van der Waals surface area contributed by atoms with Crippen LogP contribution in [-0.2, 0) is 10.0 Å². The Morgan fingerprint density at radius 2 is 1.96 bits per heavy atom. The summed E-state index contributed by atoms with van der Waals surface area (Å²) in [5.74, 6) is -0.991. The van der Waals surface area contributed by atoms with Gasteiger partial charge in [0.05, 0.1) is 18.5 Å². The molecular formula is C17H18ClFN2O3S. The van der Waals surface area contributed by atoms with Gasteiger partial charge < -0.3 is 5.32 Å². The summed E-state index contributed by atoms with van der Waals surface area (Å²) in [4.78, 5) is 12.0. The van der Waals surface area contributed by atoms with Gasteiger partial charge >= 0.3 is 0 Å². The van der Waals surface area contributed by atoms with Crippen molar-refractivity contribution in [3.63, 3.8) is 0 Å². The SMILES string of the molecule is Cc1ccc(N(CCNC(=O)c2cccc(F)c2)S(C)(=O)=O)cc1Cl. The van der Waals surface area contributed by atoms with E-state index in [1.54, 1.807) is 18.2 Å². The molecule has 0 saturated heterocycles. The van der Waals surface area contributed by atoms with Crippen LogP contribution in [0.15, 0.2) is 42.5 Å². The lowest BCUT2D eigenvalue weighted by Crippen LogP contribution is -2.38. The number of sulfonamides is 1. The first-order valence-corrected chi connectivity index (χ1v) is 9.69. The molecule has 2 rings (SSSR count). The van der Waals surface area contributed by atoms with Crippen molar-refractivity contribution in [1.29, 1.82) is 0 Å². The Morgan fingerprint density at radius 1 is 1.24 bits per heavy atom. The maximum Gasteiger partial charge on any atom is 0.251 e. The molecule has 0 aliphatic rings. The third-order valence-electron chi connectivity index (χ3n) is 3.53. The molecule has 0 aromatic heterocycles. The van der Waals surface area contributed by atoms with Crippen molar-refractivity contribution in [1.82, 2.24) is 5.32 Å². The summed E-state index contributed by atoms with van der Waals surface area (Å²) in [6.07, 6.45) is 1.08. The Morgan fingerprint density at radius 3 is 2.56 bits per heavy atom. The van der Waals surface area contributed by atoms with E-state index in [0.29, 0.717) is 10.7 Å². The zero-order valence-corrected chi connectivity index (χ0v) is 15.4. The quantitative estimate of drug-likeness (QED) is 0.832. The van der Waals surface area contributed by atoms with Crippen molar-refractivity contribution >= 4 is 33.2 Å². The van der Waals surface area contributed by atoms with Crippen LogP contribution in [0, 0.1) is 12.7 Å². The van der Waals surface area contributed by atoms with Gasteiger partial charge in [-0.15, -0.1) is 0 Å². The topological polar surface area (TPSA) is 66.5 Å². The fraction of sp³-hybridized carbons (Fsp3) is 0.235. The van der Waals surface area contributed by atoms with Crippen molar-refractivity contribution in [2.24, 2.45) is 0 Å². The third kappa shape index (κ3) is 5.17. The molecule has 2 aromatic carbocycles. The molecular weight excluding hydrogens is 367 g/mol. The highest BCUT2D eigenvalue weighted by atomic mass is 35.5. The number of carbonyl (C=O) groups is 1. The average Bonchev–Trinajstić information content (AvgIpc) is 2.53. The van der Waals surface area contributed by atoms with Crippen LogP contribution in [0.3, 0.4) is 0 Å². The minimum absolute atomic E-state index is 0.0271. The Bertz CT molecular complexity index is 887. The molecule has 1 N–H and O–H groups in total. The number of benzene rings is 2. The Hall–Kier alpha value is -2.12. The Labute approximate surface area is 151 Å². The highest BCUT2D eigenvalue weighted by Crippen LogP contribution is 2.24. The van der Waals surface area contributed by atoms with Crippen LogP contribution in [0.2, 0.25) is 5.02 Å². The van der Waals surface area contributed by atoms with Crippen molar-refractivity contribution in [2.45, 2.75) is 6.92 Å². The number of carbonyl (C=O) groups excluding carboxylic acids is 1. The molecule has 0 aliphatic carbocycles. The molecule has 134 valence electrons. The summed E-state index contributed by atoms with van der Waals surface area (Å²) in [7, 11) is -3.55. The molecule has 0 atom stereocenters. The second kappa shape index (κ2) is 7.84. The molecule has 0 heterocycles. The first-order valence-electron chi connectivity index (χ1n) is 7.46. The molecule has 0 unspecified atom stereocenters. The van der Waals surface area contributed by atoms with E-state index in [9.17, 15) is 17.6 Å². The number of nitrogens with zero attached hydrogens (tertiary/aromatic N) is 1. The zero-order chi connectivity index (χ0) is 18.6. The van der Waals surface area contributed by atoms with Crippen LogP contribution < -0.4 is 9.62 Å². The predicted molar refractivity (Wildman–Crippen MR) is 97.1 cm³/mol. The third-order valence-corrected chi connectivity index (χ3v) is 5.13. The lowest BCUT2D eigenvalue weighted by molar-refractivity contribution is 0.0954. The highest BCUT2D eigenvalue weighted by molar-refractivity contribution is 7.92. The predicted octanol–water partition coefficient (Wildman–Crippen LogP) is 2.98. The van der Waals surface area contributed by atoms with E-state index < -0.39 is 21.7 Å². The average molecular weight is 385 g/mol. The number of hydrogen-bond donors (Lipinski definition) is 1. The van der Waals surface area contributed by atoms with Crippen LogP contribution in [-0.4, -0.2) is 33.7 Å². The molecule has 2 aromatic rings. The van der Waals surface area contributed by atoms with Crippen LogP contribution in [0.1, 0.15) is 15.9 Å². The summed E-state index contributed by atoms with van der Waals surface area (Å²) >= 11 is 6.06. The number of nitrogens with one attached hydrogen (secondary N) is 1. The second-order valence-corrected chi connectivity index (χ2v) is 7.85. The molecule has 8 heteroatoms. The lowest BCUT2D eigenvalue weighted by Gasteiger charge is -2.23. The van der Waals surface area contributed by atoms with E-state index >= 15 is 0 Å². The van der Waals surface area contributed by atoms with Crippen LogP contribution in [0.5, 0.6) is 0 Å². The van der Waals surface area contributed by atoms with E-state index in [2.05, 4.69) is 5.32 Å². The minimum Gasteiger partial charge on any atom is -0.350 e. The molecule has 1 amide bonds. The van der Waals surface area contributed by atoms with E-state index in [4.69, 9.17) is 11.6 Å². The molecule has 0 aliphatic heterocycles. The number of amides is 1. The van der Waals surface area contributed by atoms with Gasteiger partial charge in [-0.3, -0.25) is 9.10 Å². The van der Waals surface area contributed by atoms with Crippen molar-refractivity contribution < 1.29 is 17.6 Å². The van der Waals surface area contributed by atoms with Gasteiger partial charge in [-0.05, 0) is 42.8 Å². The van der Waals surface area contributed by atoms with E-state index in [1.165, 1.54) is 18.2 Å². The fourth-order valence-electron chi connectivity index (χ4n) is 2.23. The number of halogens is 2. The van der Waals surface area contributed by atoms with Crippen molar-refractivity contribution in [2.75, 3.05) is 23.7 Å². The normalized spacial score (nSPS) is 11.2. The van der Waals surface area contributed by atoms with Gasteiger partial charge in [-0.25, -0.2) is 12.8 Å². The second-order valence-electron chi connectivity index (χ2n) is 5.53. The number of rotatable bonds is 6. The lowest BCUT2D eigenvalue weighted by atomic mass is 10.2. The Balaban J connectivity index is 2.08. The molecule has 0 spiro atoms. The summed E-state index contributed by atoms with van der Waals surface area (Å²) < 4.78 is 38.4. The molecule has 0 fully saturated rings. The zero-order valence-electron chi connectivity index (χ0n) is 13.8. The van der Waals surface area contributed by atoms with Crippen molar-refractivity contribution in [3.8, 4) is 0 Å². The number of anilines is 1. The monoisotopic (exact) mass is 384 g/mol. The van der Waals surface area contributed by atoms with Gasteiger partial charge in [0, 0.05) is 17.1 Å². The van der Waals surface area contributed by atoms with E-state index in [1.807, 2.05) is 6.92 Å². The maximum atomic E-state index is 13.1. The van der Waals surface area contributed by atoms with Crippen molar-refractivity contribution in [3.05, 3.63) is 64.4 Å². The molecule has 0 saturated carbocycles. The molecule has 5 nitrogen and oxygen atoms in total. The van der Waals surface area contributed by atoms with Crippen LogP contribution in [0.25, 0.3) is 0 Å². The van der Waals surface area contributed by atoms with Crippen LogP contribution in [0.4, 0.5) is 10.1 Å². The summed E-state index contributed by atoms with van der Waals surface area (Å²) in [5, 5.41) is 3.03. The summed E-state index contributed by atoms with van der Waals surface area (Å²) in [6, 6.07) is 10.2. The maximum absolute atomic E-state index is 13.1. The van der Waals surface area contributed by atoms with Crippen LogP contribution >= 0.6 is 11.6 Å². The Kier molecular flexibility index (Phi) is 6.02. The van der Waals surface area contributed by atoms with Gasteiger partial charge in [0.2, 0.25) is 10.0 Å². The van der Waals surface area contributed by atoms with E-state index in [-0.39, 0.29) is 18.7 Å².